The zero-order valence-electron chi connectivity index (χ0n) is 17.8. The number of carbonyl (C=O) groups excluding carboxylic acids is 2. The Hall–Kier alpha value is -2.08. The predicted octanol–water partition coefficient (Wildman–Crippen LogP) is 4.42. The lowest BCUT2D eigenvalue weighted by atomic mass is 10.2. The summed E-state index contributed by atoms with van der Waals surface area (Å²) in [7, 11) is 3.04. The Kier molecular flexibility index (Phi) is 12.1. The molecule has 6 nitrogen and oxygen atoms in total. The van der Waals surface area contributed by atoms with Crippen molar-refractivity contribution >= 4 is 12.1 Å². The van der Waals surface area contributed by atoms with E-state index in [9.17, 15) is 9.59 Å². The average Bonchev–Trinajstić information content (AvgIpc) is 3.18. The molecule has 154 valence electrons. The first-order chi connectivity index (χ1) is 12.8. The summed E-state index contributed by atoms with van der Waals surface area (Å²) < 4.78 is 14.8. The summed E-state index contributed by atoms with van der Waals surface area (Å²) in [5.74, 6) is -0.380. The summed E-state index contributed by atoms with van der Waals surface area (Å²) in [6.45, 7) is 10.8. The zero-order valence-corrected chi connectivity index (χ0v) is 17.8. The van der Waals surface area contributed by atoms with E-state index in [2.05, 4.69) is 4.74 Å². The van der Waals surface area contributed by atoms with Gasteiger partial charge in [-0.1, -0.05) is 44.2 Å². The molecular weight excluding hydrogens is 346 g/mol. The summed E-state index contributed by atoms with van der Waals surface area (Å²) in [5, 5.41) is 0. The maximum absolute atomic E-state index is 11.9. The molecule has 0 bridgehead atoms. The van der Waals surface area contributed by atoms with E-state index in [1.807, 2.05) is 65.0 Å². The number of hydrogen-bond acceptors (Lipinski definition) is 5. The topological polar surface area (TPSA) is 65.1 Å². The normalized spacial score (nSPS) is 15.7. The van der Waals surface area contributed by atoms with Crippen LogP contribution in [0.25, 0.3) is 0 Å². The first-order valence-electron chi connectivity index (χ1n) is 9.38. The van der Waals surface area contributed by atoms with Crippen molar-refractivity contribution in [3.8, 4) is 0 Å². The van der Waals surface area contributed by atoms with Gasteiger partial charge < -0.3 is 14.2 Å². The molecule has 0 aromatic heterocycles. The number of rotatable bonds is 3. The van der Waals surface area contributed by atoms with Gasteiger partial charge in [0.2, 0.25) is 0 Å². The lowest BCUT2D eigenvalue weighted by Gasteiger charge is -2.21. The molecule has 1 amide bonds. The maximum atomic E-state index is 11.9. The largest absolute Gasteiger partial charge is 0.467 e. The number of nitrogens with zero attached hydrogens (tertiary/aromatic N) is 1. The van der Waals surface area contributed by atoms with Crippen molar-refractivity contribution in [2.75, 3.05) is 20.8 Å². The highest BCUT2D eigenvalue weighted by atomic mass is 16.6. The van der Waals surface area contributed by atoms with Gasteiger partial charge in [-0.15, -0.1) is 0 Å². The van der Waals surface area contributed by atoms with Crippen LogP contribution in [0.4, 0.5) is 4.79 Å². The summed E-state index contributed by atoms with van der Waals surface area (Å²) in [6, 6.07) is 8.93. The van der Waals surface area contributed by atoms with Crippen LogP contribution in [0.2, 0.25) is 0 Å². The predicted molar refractivity (Wildman–Crippen MR) is 106 cm³/mol. The summed E-state index contributed by atoms with van der Waals surface area (Å²) in [5.41, 5.74) is 0.963. The smallest absolute Gasteiger partial charge is 0.410 e. The molecule has 1 unspecified atom stereocenters. The molecule has 0 radical (unpaired) electrons. The van der Waals surface area contributed by atoms with Crippen molar-refractivity contribution in [3.05, 3.63) is 35.9 Å². The highest BCUT2D eigenvalue weighted by Gasteiger charge is 2.35. The summed E-state index contributed by atoms with van der Waals surface area (Å²) in [6.07, 6.45) is 0.963. The molecule has 6 heteroatoms. The molecule has 1 atom stereocenters. The van der Waals surface area contributed by atoms with Crippen LogP contribution in [-0.2, 0) is 25.6 Å². The first-order valence-corrected chi connectivity index (χ1v) is 9.38. The van der Waals surface area contributed by atoms with Crippen LogP contribution in [0.15, 0.2) is 30.3 Å². The molecule has 1 aliphatic heterocycles. The van der Waals surface area contributed by atoms with Crippen molar-refractivity contribution in [3.63, 3.8) is 0 Å². The van der Waals surface area contributed by atoms with E-state index in [1.165, 1.54) is 12.0 Å². The van der Waals surface area contributed by atoms with E-state index >= 15 is 0 Å². The minimum atomic E-state index is -0.506. The molecule has 1 aromatic carbocycles. The Bertz CT molecular complexity index is 539. The molecular formula is C21H35NO5. The fraction of sp³-hybridized carbons (Fsp3) is 0.619. The number of amides is 1. The van der Waals surface area contributed by atoms with Gasteiger partial charge in [-0.2, -0.15) is 0 Å². The molecule has 0 aliphatic carbocycles. The van der Waals surface area contributed by atoms with Crippen molar-refractivity contribution in [1.82, 2.24) is 4.90 Å². The molecule has 1 aliphatic rings. The number of ether oxygens (including phenoxy) is 3. The number of carbonyl (C=O) groups is 2. The lowest BCUT2D eigenvalue weighted by Crippen LogP contribution is -2.41. The SMILES string of the molecule is CC.COC(=O)C1CCCN1C(=O)OCc1ccccc1.COC(C)(C)C. The van der Waals surface area contributed by atoms with Gasteiger partial charge in [0.15, 0.2) is 0 Å². The molecule has 2 rings (SSSR count). The lowest BCUT2D eigenvalue weighted by molar-refractivity contribution is -0.145. The highest BCUT2D eigenvalue weighted by molar-refractivity contribution is 5.82. The molecule has 1 aromatic rings. The third-order valence-corrected chi connectivity index (χ3v) is 3.78. The number of hydrogen-bond donors (Lipinski definition) is 0. The third kappa shape index (κ3) is 9.99. The number of likely N-dealkylation sites (tertiary alicyclic amines) is 1. The third-order valence-electron chi connectivity index (χ3n) is 3.78. The minimum Gasteiger partial charge on any atom is -0.467 e. The van der Waals surface area contributed by atoms with Crippen LogP contribution in [0, 0.1) is 0 Å². The Morgan fingerprint density at radius 1 is 1.11 bits per heavy atom. The van der Waals surface area contributed by atoms with E-state index in [0.717, 1.165) is 12.0 Å². The summed E-state index contributed by atoms with van der Waals surface area (Å²) in [4.78, 5) is 24.9. The molecule has 0 N–H and O–H groups in total. The molecule has 1 saturated heterocycles. The Labute approximate surface area is 163 Å². The van der Waals surface area contributed by atoms with Crippen molar-refractivity contribution in [2.24, 2.45) is 0 Å². The fourth-order valence-corrected chi connectivity index (χ4v) is 2.17. The quantitative estimate of drug-likeness (QED) is 0.725. The highest BCUT2D eigenvalue weighted by Crippen LogP contribution is 2.19. The molecule has 0 spiro atoms. The average molecular weight is 382 g/mol. The number of esters is 1. The Balaban J connectivity index is 0.000000722. The monoisotopic (exact) mass is 381 g/mol. The van der Waals surface area contributed by atoms with E-state index < -0.39 is 12.1 Å². The number of methoxy groups -OCH3 is 2. The molecule has 0 saturated carbocycles. The van der Waals surface area contributed by atoms with Gasteiger partial charge in [0.25, 0.3) is 0 Å². The van der Waals surface area contributed by atoms with Crippen molar-refractivity contribution in [2.45, 2.75) is 65.7 Å². The van der Waals surface area contributed by atoms with Crippen LogP contribution in [0.1, 0.15) is 53.0 Å². The fourth-order valence-electron chi connectivity index (χ4n) is 2.17. The second-order valence-corrected chi connectivity index (χ2v) is 6.73. The second kappa shape index (κ2) is 13.1. The van der Waals surface area contributed by atoms with Gasteiger partial charge in [0.1, 0.15) is 12.6 Å². The summed E-state index contributed by atoms with van der Waals surface area (Å²) >= 11 is 0. The van der Waals surface area contributed by atoms with Gasteiger partial charge in [-0.25, -0.2) is 9.59 Å². The van der Waals surface area contributed by atoms with Gasteiger partial charge in [-0.05, 0) is 39.2 Å². The van der Waals surface area contributed by atoms with Crippen LogP contribution in [0.3, 0.4) is 0 Å². The second-order valence-electron chi connectivity index (χ2n) is 6.73. The van der Waals surface area contributed by atoms with Crippen LogP contribution in [-0.4, -0.2) is 49.4 Å². The van der Waals surface area contributed by atoms with Crippen LogP contribution >= 0.6 is 0 Å². The van der Waals surface area contributed by atoms with Crippen LogP contribution in [0.5, 0.6) is 0 Å². The molecule has 1 heterocycles. The number of benzene rings is 1. The Morgan fingerprint density at radius 2 is 1.67 bits per heavy atom. The van der Waals surface area contributed by atoms with Crippen molar-refractivity contribution in [1.29, 1.82) is 0 Å². The minimum absolute atomic E-state index is 0.0417. The van der Waals surface area contributed by atoms with Gasteiger partial charge in [0.05, 0.1) is 12.7 Å². The first kappa shape index (κ1) is 24.9. The zero-order chi connectivity index (χ0) is 20.9. The van der Waals surface area contributed by atoms with E-state index in [0.29, 0.717) is 13.0 Å². The van der Waals surface area contributed by atoms with Crippen LogP contribution < -0.4 is 0 Å². The standard InChI is InChI=1S/C14H17NO4.C5H12O.C2H6/c1-18-13(16)12-8-5-9-15(12)14(17)19-10-11-6-3-2-4-7-11;1-5(2,3)6-4;1-2/h2-4,6-7,12H,5,8-10H2,1H3;1-4H3;1-2H3. The van der Waals surface area contributed by atoms with Crippen molar-refractivity contribution < 1.29 is 23.8 Å². The van der Waals surface area contributed by atoms with E-state index in [-0.39, 0.29) is 18.2 Å². The maximum Gasteiger partial charge on any atom is 0.410 e. The molecule has 27 heavy (non-hydrogen) atoms. The van der Waals surface area contributed by atoms with Gasteiger partial charge >= 0.3 is 12.1 Å². The van der Waals surface area contributed by atoms with Gasteiger partial charge in [-0.3, -0.25) is 4.90 Å². The van der Waals surface area contributed by atoms with E-state index in [1.54, 1.807) is 7.11 Å². The molecule has 1 fully saturated rings. The van der Waals surface area contributed by atoms with Gasteiger partial charge in [0, 0.05) is 13.7 Å². The van der Waals surface area contributed by atoms with E-state index in [4.69, 9.17) is 9.47 Å². The Morgan fingerprint density at radius 3 is 2.15 bits per heavy atom.